The molecule has 0 aliphatic carbocycles. The standard InChI is InChI=1S/C10H9ClN2O4S/c11-18(16,17)10-6-8(3-1-2-4-12)5-9(7-10)13(14)15/h5-7H,2,4,12H2. The molecule has 1 aromatic rings. The molecule has 6 nitrogen and oxygen atoms in total. The summed E-state index contributed by atoms with van der Waals surface area (Å²) in [5, 5.41) is 10.7. The minimum atomic E-state index is -4.04. The Hall–Kier alpha value is -1.62. The van der Waals surface area contributed by atoms with Gasteiger partial charge in [-0.3, -0.25) is 10.1 Å². The van der Waals surface area contributed by atoms with Gasteiger partial charge in [-0.15, -0.1) is 0 Å². The number of non-ortho nitro benzene ring substituents is 1. The first kappa shape index (κ1) is 14.4. The van der Waals surface area contributed by atoms with Crippen molar-refractivity contribution in [3.05, 3.63) is 33.9 Å². The van der Waals surface area contributed by atoms with Crippen molar-refractivity contribution in [2.45, 2.75) is 11.3 Å². The lowest BCUT2D eigenvalue weighted by Crippen LogP contribution is -1.97. The number of halogens is 1. The maximum atomic E-state index is 11.2. The normalized spacial score (nSPS) is 10.6. The van der Waals surface area contributed by atoms with Gasteiger partial charge in [-0.05, 0) is 6.07 Å². The van der Waals surface area contributed by atoms with Gasteiger partial charge in [0.25, 0.3) is 14.7 Å². The van der Waals surface area contributed by atoms with Crippen LogP contribution >= 0.6 is 10.7 Å². The Morgan fingerprint density at radius 3 is 2.56 bits per heavy atom. The molecule has 0 aliphatic rings. The van der Waals surface area contributed by atoms with E-state index in [4.69, 9.17) is 16.4 Å². The molecule has 96 valence electrons. The van der Waals surface area contributed by atoms with Crippen LogP contribution in [-0.2, 0) is 9.05 Å². The van der Waals surface area contributed by atoms with Crippen molar-refractivity contribution in [3.63, 3.8) is 0 Å². The zero-order valence-electron chi connectivity index (χ0n) is 9.09. The van der Waals surface area contributed by atoms with Gasteiger partial charge < -0.3 is 5.73 Å². The van der Waals surface area contributed by atoms with E-state index in [1.165, 1.54) is 12.1 Å². The molecule has 0 unspecified atom stereocenters. The predicted molar refractivity (Wildman–Crippen MR) is 66.7 cm³/mol. The second-order valence-corrected chi connectivity index (χ2v) is 5.82. The fraction of sp³-hybridized carbons (Fsp3) is 0.200. The van der Waals surface area contributed by atoms with Gasteiger partial charge in [0.05, 0.1) is 9.82 Å². The number of rotatable bonds is 3. The monoisotopic (exact) mass is 288 g/mol. The van der Waals surface area contributed by atoms with E-state index in [0.717, 1.165) is 6.07 Å². The zero-order chi connectivity index (χ0) is 13.8. The second kappa shape index (κ2) is 5.82. The Bertz CT molecular complexity index is 631. The highest BCUT2D eigenvalue weighted by Gasteiger charge is 2.16. The number of hydrogen-bond acceptors (Lipinski definition) is 5. The maximum Gasteiger partial charge on any atom is 0.272 e. The fourth-order valence-corrected chi connectivity index (χ4v) is 1.93. The van der Waals surface area contributed by atoms with E-state index in [1.807, 2.05) is 0 Å². The van der Waals surface area contributed by atoms with Crippen LogP contribution in [0, 0.1) is 22.0 Å². The lowest BCUT2D eigenvalue weighted by atomic mass is 10.2. The van der Waals surface area contributed by atoms with Crippen LogP contribution in [0.25, 0.3) is 0 Å². The van der Waals surface area contributed by atoms with Crippen LogP contribution < -0.4 is 5.73 Å². The summed E-state index contributed by atoms with van der Waals surface area (Å²) in [5.41, 5.74) is 5.07. The fourth-order valence-electron chi connectivity index (χ4n) is 1.14. The van der Waals surface area contributed by atoms with Crippen LogP contribution in [0.1, 0.15) is 12.0 Å². The van der Waals surface area contributed by atoms with E-state index in [-0.39, 0.29) is 16.1 Å². The summed E-state index contributed by atoms with van der Waals surface area (Å²) >= 11 is 0. The van der Waals surface area contributed by atoms with Gasteiger partial charge in [-0.2, -0.15) is 0 Å². The average molecular weight is 289 g/mol. The molecule has 1 aromatic carbocycles. The van der Waals surface area contributed by atoms with Crippen LogP contribution in [0.2, 0.25) is 0 Å². The van der Waals surface area contributed by atoms with Crippen LogP contribution in [0.3, 0.4) is 0 Å². The molecule has 18 heavy (non-hydrogen) atoms. The van der Waals surface area contributed by atoms with E-state index >= 15 is 0 Å². The Kier molecular flexibility index (Phi) is 4.67. The molecule has 0 amide bonds. The predicted octanol–water partition coefficient (Wildman–Crippen LogP) is 1.22. The third-order valence-corrected chi connectivity index (χ3v) is 3.22. The van der Waals surface area contributed by atoms with Crippen molar-refractivity contribution in [1.82, 2.24) is 0 Å². The molecule has 2 N–H and O–H groups in total. The molecule has 0 saturated carbocycles. The van der Waals surface area contributed by atoms with Gasteiger partial charge in [-0.1, -0.05) is 11.8 Å². The number of hydrogen-bond donors (Lipinski definition) is 1. The third kappa shape index (κ3) is 4.00. The SMILES string of the molecule is NCCC#Cc1cc([N+](=O)[O-])cc(S(=O)(=O)Cl)c1. The molecule has 0 radical (unpaired) electrons. The number of nitrogens with zero attached hydrogens (tertiary/aromatic N) is 1. The molecule has 0 bridgehead atoms. The van der Waals surface area contributed by atoms with Crippen LogP contribution in [0.5, 0.6) is 0 Å². The largest absolute Gasteiger partial charge is 0.330 e. The van der Waals surface area contributed by atoms with Crippen molar-refractivity contribution in [3.8, 4) is 11.8 Å². The zero-order valence-corrected chi connectivity index (χ0v) is 10.7. The number of nitro groups is 1. The van der Waals surface area contributed by atoms with Crippen LogP contribution in [-0.4, -0.2) is 19.9 Å². The van der Waals surface area contributed by atoms with E-state index in [2.05, 4.69) is 11.8 Å². The molecule has 0 spiro atoms. The van der Waals surface area contributed by atoms with Crippen LogP contribution in [0.15, 0.2) is 23.1 Å². The Labute approximate surface area is 108 Å². The summed E-state index contributed by atoms with van der Waals surface area (Å²) in [7, 11) is 1.11. The Balaban J connectivity index is 3.33. The molecule has 8 heteroatoms. The minimum absolute atomic E-state index is 0.205. The van der Waals surface area contributed by atoms with Crippen molar-refractivity contribution >= 4 is 25.4 Å². The summed E-state index contributed by atoms with van der Waals surface area (Å²) in [6.45, 7) is 0.350. The van der Waals surface area contributed by atoms with Gasteiger partial charge in [0.1, 0.15) is 0 Å². The first-order chi connectivity index (χ1) is 8.34. The smallest absolute Gasteiger partial charge is 0.272 e. The maximum absolute atomic E-state index is 11.2. The van der Waals surface area contributed by atoms with E-state index in [1.54, 1.807) is 0 Å². The average Bonchev–Trinajstić information content (AvgIpc) is 2.28. The Morgan fingerprint density at radius 2 is 2.06 bits per heavy atom. The van der Waals surface area contributed by atoms with Crippen molar-refractivity contribution in [1.29, 1.82) is 0 Å². The highest BCUT2D eigenvalue weighted by atomic mass is 35.7. The van der Waals surface area contributed by atoms with Crippen molar-refractivity contribution in [2.75, 3.05) is 6.54 Å². The van der Waals surface area contributed by atoms with Gasteiger partial charge in [-0.25, -0.2) is 8.42 Å². The first-order valence-electron chi connectivity index (χ1n) is 4.77. The van der Waals surface area contributed by atoms with E-state index < -0.39 is 14.0 Å². The molecule has 0 aliphatic heterocycles. The summed E-state index contributed by atoms with van der Waals surface area (Å²) in [6.07, 6.45) is 0.408. The molecule has 0 fully saturated rings. The number of nitro benzene ring substituents is 1. The summed E-state index contributed by atoms with van der Waals surface area (Å²) in [6, 6.07) is 3.24. The summed E-state index contributed by atoms with van der Waals surface area (Å²) < 4.78 is 22.3. The Morgan fingerprint density at radius 1 is 1.39 bits per heavy atom. The lowest BCUT2D eigenvalue weighted by molar-refractivity contribution is -0.385. The highest BCUT2D eigenvalue weighted by Crippen LogP contribution is 2.23. The minimum Gasteiger partial charge on any atom is -0.330 e. The number of benzene rings is 1. The molecule has 0 heterocycles. The molecule has 1 rings (SSSR count). The molecule has 0 saturated heterocycles. The van der Waals surface area contributed by atoms with Gasteiger partial charge in [0.2, 0.25) is 0 Å². The van der Waals surface area contributed by atoms with Crippen molar-refractivity contribution in [2.24, 2.45) is 5.73 Å². The quantitative estimate of drug-likeness (QED) is 0.390. The number of nitrogens with two attached hydrogens (primary N) is 1. The van der Waals surface area contributed by atoms with Crippen molar-refractivity contribution < 1.29 is 13.3 Å². The van der Waals surface area contributed by atoms with E-state index in [0.29, 0.717) is 13.0 Å². The summed E-state index contributed by atoms with van der Waals surface area (Å²) in [4.78, 5) is 9.60. The first-order valence-corrected chi connectivity index (χ1v) is 7.08. The molecular formula is C10H9ClN2O4S. The van der Waals surface area contributed by atoms with Gasteiger partial charge >= 0.3 is 0 Å². The third-order valence-electron chi connectivity index (χ3n) is 1.89. The van der Waals surface area contributed by atoms with Crippen LogP contribution in [0.4, 0.5) is 5.69 Å². The molecular weight excluding hydrogens is 280 g/mol. The topological polar surface area (TPSA) is 103 Å². The second-order valence-electron chi connectivity index (χ2n) is 3.25. The highest BCUT2D eigenvalue weighted by molar-refractivity contribution is 8.13. The van der Waals surface area contributed by atoms with E-state index in [9.17, 15) is 18.5 Å². The molecule has 0 aromatic heterocycles. The summed E-state index contributed by atoms with van der Waals surface area (Å²) in [5.74, 6) is 5.26. The van der Waals surface area contributed by atoms with Gasteiger partial charge in [0.15, 0.2) is 0 Å². The molecule has 0 atom stereocenters. The van der Waals surface area contributed by atoms with Gasteiger partial charge in [0, 0.05) is 41.3 Å². The lowest BCUT2D eigenvalue weighted by Gasteiger charge is -1.98.